The van der Waals surface area contributed by atoms with Gasteiger partial charge in [0.1, 0.15) is 5.69 Å². The van der Waals surface area contributed by atoms with Crippen molar-refractivity contribution in [2.24, 2.45) is 7.05 Å². The Morgan fingerprint density at radius 3 is 3.00 bits per heavy atom. The summed E-state index contributed by atoms with van der Waals surface area (Å²) >= 11 is 1.46. The minimum Gasteiger partial charge on any atom is -0.478 e. The zero-order valence-electron chi connectivity index (χ0n) is 10.7. The number of carboxylic acid groups (broad SMARTS) is 1. The Kier molecular flexibility index (Phi) is 4.31. The molecule has 7 heteroatoms. The van der Waals surface area contributed by atoms with Gasteiger partial charge in [0.25, 0.3) is 5.91 Å². The molecule has 0 aliphatic carbocycles. The number of amides is 1. The first-order valence-electron chi connectivity index (χ1n) is 5.80. The molecule has 0 aliphatic rings. The topological polar surface area (TPSA) is 84.2 Å². The van der Waals surface area contributed by atoms with Crippen molar-refractivity contribution in [1.82, 2.24) is 14.9 Å². The van der Waals surface area contributed by atoms with E-state index in [0.29, 0.717) is 12.2 Å². The van der Waals surface area contributed by atoms with Crippen LogP contribution in [0.2, 0.25) is 0 Å². The first-order valence-corrected chi connectivity index (χ1v) is 6.68. The number of carbonyl (C=O) groups excluding carboxylic acids is 1. The number of imidazole rings is 1. The number of hydrogen-bond acceptors (Lipinski definition) is 4. The molecule has 20 heavy (non-hydrogen) atoms. The first kappa shape index (κ1) is 14.0. The summed E-state index contributed by atoms with van der Waals surface area (Å²) in [6.07, 6.45) is 5.78. The highest BCUT2D eigenvalue weighted by Gasteiger charge is 2.09. The maximum absolute atomic E-state index is 11.8. The van der Waals surface area contributed by atoms with Crippen LogP contribution in [0.4, 0.5) is 0 Å². The maximum atomic E-state index is 11.8. The molecular formula is C13H13N3O3S. The molecule has 2 rings (SSSR count). The van der Waals surface area contributed by atoms with Crippen LogP contribution in [-0.4, -0.2) is 26.5 Å². The van der Waals surface area contributed by atoms with Crippen LogP contribution in [0.3, 0.4) is 0 Å². The fourth-order valence-electron chi connectivity index (χ4n) is 1.58. The largest absolute Gasteiger partial charge is 0.478 e. The standard InChI is InChI=1S/C13H13N3O3S/c1-16-7-10(15-8-16)13(19)14-6-11-9(4-5-20-11)2-3-12(17)18/h2-5,7-8H,6H2,1H3,(H,14,19)(H,17,18)/b3-2+. The third-order valence-electron chi connectivity index (χ3n) is 2.53. The number of carboxylic acids is 1. The van der Waals surface area contributed by atoms with E-state index in [9.17, 15) is 9.59 Å². The molecule has 104 valence electrons. The van der Waals surface area contributed by atoms with Crippen LogP contribution in [0.1, 0.15) is 20.9 Å². The van der Waals surface area contributed by atoms with Crippen molar-refractivity contribution in [3.8, 4) is 0 Å². The molecule has 0 saturated heterocycles. The van der Waals surface area contributed by atoms with Gasteiger partial charge in [0.2, 0.25) is 0 Å². The number of rotatable bonds is 5. The van der Waals surface area contributed by atoms with E-state index in [1.165, 1.54) is 17.4 Å². The smallest absolute Gasteiger partial charge is 0.328 e. The molecule has 6 nitrogen and oxygen atoms in total. The lowest BCUT2D eigenvalue weighted by Crippen LogP contribution is -2.22. The summed E-state index contributed by atoms with van der Waals surface area (Å²) < 4.78 is 1.70. The Hall–Kier alpha value is -2.41. The third-order valence-corrected chi connectivity index (χ3v) is 3.47. The molecule has 0 saturated carbocycles. The second-order valence-electron chi connectivity index (χ2n) is 4.08. The Morgan fingerprint density at radius 1 is 1.55 bits per heavy atom. The third kappa shape index (κ3) is 3.55. The second-order valence-corrected chi connectivity index (χ2v) is 5.08. The summed E-state index contributed by atoms with van der Waals surface area (Å²) in [5.41, 5.74) is 1.14. The lowest BCUT2D eigenvalue weighted by atomic mass is 10.2. The average Bonchev–Trinajstić information content (AvgIpc) is 3.02. The summed E-state index contributed by atoms with van der Waals surface area (Å²) in [6.45, 7) is 0.340. The molecule has 0 aromatic carbocycles. The van der Waals surface area contributed by atoms with Gasteiger partial charge in [0.15, 0.2) is 0 Å². The van der Waals surface area contributed by atoms with Gasteiger partial charge in [0.05, 0.1) is 12.9 Å². The van der Waals surface area contributed by atoms with Crippen LogP contribution in [0.5, 0.6) is 0 Å². The number of aryl methyl sites for hydroxylation is 1. The number of nitrogens with zero attached hydrogens (tertiary/aromatic N) is 2. The summed E-state index contributed by atoms with van der Waals surface area (Å²) in [5.74, 6) is -1.26. The van der Waals surface area contributed by atoms with Gasteiger partial charge in [-0.15, -0.1) is 11.3 Å². The van der Waals surface area contributed by atoms with Crippen LogP contribution < -0.4 is 5.32 Å². The molecule has 0 unspecified atom stereocenters. The van der Waals surface area contributed by atoms with E-state index in [1.807, 2.05) is 11.4 Å². The highest BCUT2D eigenvalue weighted by Crippen LogP contribution is 2.18. The van der Waals surface area contributed by atoms with Crippen molar-refractivity contribution in [1.29, 1.82) is 0 Å². The van der Waals surface area contributed by atoms with Gasteiger partial charge in [-0.2, -0.15) is 0 Å². The van der Waals surface area contributed by atoms with Crippen LogP contribution >= 0.6 is 11.3 Å². The summed E-state index contributed by atoms with van der Waals surface area (Å²) in [7, 11) is 1.79. The van der Waals surface area contributed by atoms with Crippen molar-refractivity contribution in [2.75, 3.05) is 0 Å². The van der Waals surface area contributed by atoms with Gasteiger partial charge in [-0.05, 0) is 23.1 Å². The molecular weight excluding hydrogens is 278 g/mol. The van der Waals surface area contributed by atoms with Crippen LogP contribution in [0, 0.1) is 0 Å². The van der Waals surface area contributed by atoms with Crippen molar-refractivity contribution in [3.63, 3.8) is 0 Å². The van der Waals surface area contributed by atoms with Gasteiger partial charge in [0, 0.05) is 24.2 Å². The second kappa shape index (κ2) is 6.16. The number of aliphatic carboxylic acids is 1. The fraction of sp³-hybridized carbons (Fsp3) is 0.154. The Labute approximate surface area is 119 Å². The Bertz CT molecular complexity index is 657. The lowest BCUT2D eigenvalue weighted by molar-refractivity contribution is -0.131. The summed E-state index contributed by atoms with van der Waals surface area (Å²) in [5, 5.41) is 13.2. The molecule has 2 aromatic rings. The van der Waals surface area contributed by atoms with E-state index in [-0.39, 0.29) is 5.91 Å². The van der Waals surface area contributed by atoms with Gasteiger partial charge >= 0.3 is 5.97 Å². The van der Waals surface area contributed by atoms with E-state index < -0.39 is 5.97 Å². The number of aromatic nitrogens is 2. The van der Waals surface area contributed by atoms with Crippen LogP contribution in [-0.2, 0) is 18.4 Å². The van der Waals surface area contributed by atoms with Gasteiger partial charge in [-0.3, -0.25) is 4.79 Å². The number of thiophene rings is 1. The lowest BCUT2D eigenvalue weighted by Gasteiger charge is -2.02. The molecule has 0 atom stereocenters. The maximum Gasteiger partial charge on any atom is 0.328 e. The molecule has 0 spiro atoms. The van der Waals surface area contributed by atoms with E-state index in [0.717, 1.165) is 16.5 Å². The molecule has 2 aromatic heterocycles. The highest BCUT2D eigenvalue weighted by atomic mass is 32.1. The van der Waals surface area contributed by atoms with Crippen molar-refractivity contribution in [2.45, 2.75) is 6.54 Å². The van der Waals surface area contributed by atoms with Gasteiger partial charge < -0.3 is 15.0 Å². The van der Waals surface area contributed by atoms with Crippen molar-refractivity contribution < 1.29 is 14.7 Å². The quantitative estimate of drug-likeness (QED) is 0.818. The van der Waals surface area contributed by atoms with E-state index in [2.05, 4.69) is 10.3 Å². The molecule has 0 radical (unpaired) electrons. The molecule has 2 N–H and O–H groups in total. The van der Waals surface area contributed by atoms with Gasteiger partial charge in [-0.1, -0.05) is 0 Å². The zero-order chi connectivity index (χ0) is 14.5. The number of nitrogens with one attached hydrogen (secondary N) is 1. The Balaban J connectivity index is 1.99. The van der Waals surface area contributed by atoms with E-state index in [4.69, 9.17) is 5.11 Å². The first-order chi connectivity index (χ1) is 9.56. The Morgan fingerprint density at radius 2 is 2.35 bits per heavy atom. The van der Waals surface area contributed by atoms with E-state index in [1.54, 1.807) is 24.1 Å². The molecule has 2 heterocycles. The van der Waals surface area contributed by atoms with Gasteiger partial charge in [-0.25, -0.2) is 9.78 Å². The van der Waals surface area contributed by atoms with Crippen LogP contribution in [0.25, 0.3) is 6.08 Å². The zero-order valence-corrected chi connectivity index (χ0v) is 11.6. The highest BCUT2D eigenvalue weighted by molar-refractivity contribution is 7.10. The molecule has 1 amide bonds. The fourth-order valence-corrected chi connectivity index (χ4v) is 2.39. The minimum absolute atomic E-state index is 0.257. The normalized spacial score (nSPS) is 10.8. The summed E-state index contributed by atoms with van der Waals surface area (Å²) in [4.78, 5) is 27.2. The molecule has 0 bridgehead atoms. The van der Waals surface area contributed by atoms with Crippen LogP contribution in [0.15, 0.2) is 30.0 Å². The van der Waals surface area contributed by atoms with E-state index >= 15 is 0 Å². The molecule has 0 fully saturated rings. The monoisotopic (exact) mass is 291 g/mol. The predicted molar refractivity (Wildman–Crippen MR) is 75.4 cm³/mol. The summed E-state index contributed by atoms with van der Waals surface area (Å²) in [6, 6.07) is 1.81. The SMILES string of the molecule is Cn1cnc(C(=O)NCc2sccc2/C=C/C(=O)O)c1. The molecule has 0 aliphatic heterocycles. The number of hydrogen-bond donors (Lipinski definition) is 2. The average molecular weight is 291 g/mol. The number of carbonyl (C=O) groups is 2. The van der Waals surface area contributed by atoms with Crippen molar-refractivity contribution in [3.05, 3.63) is 46.2 Å². The van der Waals surface area contributed by atoms with Crippen molar-refractivity contribution >= 4 is 29.3 Å². The predicted octanol–water partition coefficient (Wildman–Crippen LogP) is 1.51. The minimum atomic E-state index is -1.00.